The number of halogens is 1. The van der Waals surface area contributed by atoms with E-state index >= 15 is 0 Å². The number of amides is 3. The lowest BCUT2D eigenvalue weighted by molar-refractivity contribution is -0.144. The third-order valence-corrected chi connectivity index (χ3v) is 9.00. The topological polar surface area (TPSA) is 129 Å². The van der Waals surface area contributed by atoms with Crippen LogP contribution in [0.1, 0.15) is 63.7 Å². The number of fused-ring (bicyclic) bond motifs is 1. The van der Waals surface area contributed by atoms with E-state index in [1.807, 2.05) is 32.9 Å². The third kappa shape index (κ3) is 8.16. The largest absolute Gasteiger partial charge is 0.755 e. The van der Waals surface area contributed by atoms with Gasteiger partial charge in [-0.05, 0) is 48.4 Å². The third-order valence-electron chi connectivity index (χ3n) is 8.12. The molecule has 0 saturated carbocycles. The Morgan fingerprint density at radius 2 is 1.78 bits per heavy atom. The highest BCUT2D eigenvalue weighted by Gasteiger charge is 2.41. The van der Waals surface area contributed by atoms with E-state index in [4.69, 9.17) is 25.8 Å². The normalized spacial score (nSPS) is 19.9. The molecule has 3 atom stereocenters. The van der Waals surface area contributed by atoms with Crippen LogP contribution in [0.4, 0.5) is 5.69 Å². The lowest BCUT2D eigenvalue weighted by atomic mass is 9.93. The standard InChI is InChI=1S/C32H42ClN3O8S/c1-32(2,3)19-36-24-11-10-21(33)17-23(24)29(22-8-7-9-25(42-5)30(22)43-6)44-26(31(36)39)18-28(38)35-14-12-20(13-15-35)16-27(37)34(4)45(40)41/h7-11,17,20,26,29H,12-16,18-19H2,1-6H3,(H,40,41)/p-1/t26-,29-/m1/s1. The molecular formula is C32H41ClN3O8S-. The van der Waals surface area contributed by atoms with Gasteiger partial charge >= 0.3 is 0 Å². The van der Waals surface area contributed by atoms with E-state index in [1.54, 1.807) is 41.2 Å². The first-order valence-electron chi connectivity index (χ1n) is 14.8. The number of ether oxygens (including phenoxy) is 3. The predicted molar refractivity (Wildman–Crippen MR) is 170 cm³/mol. The van der Waals surface area contributed by atoms with Gasteiger partial charge in [-0.15, -0.1) is 0 Å². The van der Waals surface area contributed by atoms with Gasteiger partial charge in [0, 0.05) is 66.2 Å². The smallest absolute Gasteiger partial charge is 0.256 e. The number of likely N-dealkylation sites (tertiary alicyclic amines) is 1. The van der Waals surface area contributed by atoms with Crippen LogP contribution in [0.5, 0.6) is 11.5 Å². The van der Waals surface area contributed by atoms with Crippen molar-refractivity contribution in [2.24, 2.45) is 11.3 Å². The average Bonchev–Trinajstić information content (AvgIpc) is 3.09. The van der Waals surface area contributed by atoms with Crippen molar-refractivity contribution < 1.29 is 37.4 Å². The van der Waals surface area contributed by atoms with Crippen molar-refractivity contribution in [3.63, 3.8) is 0 Å². The van der Waals surface area contributed by atoms with Gasteiger partial charge in [-0.3, -0.25) is 22.9 Å². The second-order valence-electron chi connectivity index (χ2n) is 12.6. The van der Waals surface area contributed by atoms with Crippen LogP contribution in [0.15, 0.2) is 36.4 Å². The van der Waals surface area contributed by atoms with Crippen LogP contribution in [0.2, 0.25) is 5.02 Å². The Balaban J connectivity index is 1.64. The molecule has 0 N–H and O–H groups in total. The second kappa shape index (κ2) is 14.5. The molecule has 45 heavy (non-hydrogen) atoms. The summed E-state index contributed by atoms with van der Waals surface area (Å²) in [6.45, 7) is 7.24. The summed E-state index contributed by atoms with van der Waals surface area (Å²) < 4.78 is 40.8. The molecular weight excluding hydrogens is 622 g/mol. The number of piperidine rings is 1. The number of methoxy groups -OCH3 is 2. The molecule has 3 amide bonds. The maximum atomic E-state index is 14.3. The molecule has 0 aliphatic carbocycles. The zero-order valence-corrected chi connectivity index (χ0v) is 28.1. The van der Waals surface area contributed by atoms with Crippen LogP contribution in [-0.2, 0) is 30.4 Å². The molecule has 0 radical (unpaired) electrons. The molecule has 1 saturated heterocycles. The number of carbonyl (C=O) groups excluding carboxylic acids is 3. The van der Waals surface area contributed by atoms with Crippen molar-refractivity contribution in [1.29, 1.82) is 0 Å². The first-order valence-corrected chi connectivity index (χ1v) is 16.3. The van der Waals surface area contributed by atoms with Crippen LogP contribution in [0.25, 0.3) is 0 Å². The highest BCUT2D eigenvalue weighted by atomic mass is 35.5. The van der Waals surface area contributed by atoms with Crippen LogP contribution in [0, 0.1) is 11.3 Å². The van der Waals surface area contributed by atoms with E-state index in [1.165, 1.54) is 14.2 Å². The van der Waals surface area contributed by atoms with Gasteiger partial charge in [-0.25, -0.2) is 0 Å². The van der Waals surface area contributed by atoms with E-state index in [0.717, 1.165) is 0 Å². The summed E-state index contributed by atoms with van der Waals surface area (Å²) in [6.07, 6.45) is -0.947. The van der Waals surface area contributed by atoms with E-state index in [-0.39, 0.29) is 36.0 Å². The quantitative estimate of drug-likeness (QED) is 0.359. The molecule has 1 unspecified atom stereocenters. The van der Waals surface area contributed by atoms with Gasteiger partial charge < -0.3 is 28.6 Å². The Morgan fingerprint density at radius 3 is 2.38 bits per heavy atom. The molecule has 246 valence electrons. The molecule has 2 aliphatic rings. The van der Waals surface area contributed by atoms with Crippen molar-refractivity contribution in [2.75, 3.05) is 45.8 Å². The summed E-state index contributed by atoms with van der Waals surface area (Å²) >= 11 is 3.88. The highest BCUT2D eigenvalue weighted by Crippen LogP contribution is 2.45. The number of nitrogens with zero attached hydrogens (tertiary/aromatic N) is 3. The summed E-state index contributed by atoms with van der Waals surface area (Å²) in [6, 6.07) is 10.7. The molecule has 0 aromatic heterocycles. The monoisotopic (exact) mass is 662 g/mol. The Hall–Kier alpha value is -3.19. The lowest BCUT2D eigenvalue weighted by Crippen LogP contribution is -2.47. The zero-order chi connectivity index (χ0) is 33.1. The SMILES string of the molecule is COc1cccc([C@H]2O[C@H](CC(=O)N3CCC(CC(=O)N(C)S(=O)[O-])CC3)C(=O)N(CC(C)(C)C)c3ccc(Cl)cc32)c1OC. The Labute approximate surface area is 272 Å². The van der Waals surface area contributed by atoms with Crippen molar-refractivity contribution in [3.8, 4) is 11.5 Å². The minimum Gasteiger partial charge on any atom is -0.755 e. The first-order chi connectivity index (χ1) is 21.2. The zero-order valence-electron chi connectivity index (χ0n) is 26.5. The van der Waals surface area contributed by atoms with Gasteiger partial charge in [0.1, 0.15) is 12.2 Å². The lowest BCUT2D eigenvalue weighted by Gasteiger charge is -2.34. The van der Waals surface area contributed by atoms with E-state index in [0.29, 0.717) is 70.1 Å². The van der Waals surface area contributed by atoms with E-state index < -0.39 is 29.4 Å². The average molecular weight is 663 g/mol. The molecule has 0 bridgehead atoms. The summed E-state index contributed by atoms with van der Waals surface area (Å²) in [5, 5.41) is 0.468. The maximum absolute atomic E-state index is 14.3. The molecule has 13 heteroatoms. The number of rotatable bonds is 9. The molecule has 0 spiro atoms. The number of benzene rings is 2. The fourth-order valence-electron chi connectivity index (χ4n) is 5.83. The van der Waals surface area contributed by atoms with Crippen LogP contribution in [-0.4, -0.2) is 82.7 Å². The minimum absolute atomic E-state index is 0.0465. The number of para-hydroxylation sites is 1. The number of hydrogen-bond acceptors (Lipinski definition) is 8. The molecule has 2 aromatic rings. The number of carbonyl (C=O) groups is 3. The van der Waals surface area contributed by atoms with Crippen LogP contribution in [0.3, 0.4) is 0 Å². The fraction of sp³-hybridized carbons (Fsp3) is 0.531. The van der Waals surface area contributed by atoms with Crippen LogP contribution >= 0.6 is 11.6 Å². The Morgan fingerprint density at radius 1 is 1.09 bits per heavy atom. The highest BCUT2D eigenvalue weighted by molar-refractivity contribution is 7.77. The van der Waals surface area contributed by atoms with Gasteiger partial charge in [0.25, 0.3) is 5.91 Å². The molecule has 4 rings (SSSR count). The van der Waals surface area contributed by atoms with Crippen LogP contribution < -0.4 is 14.4 Å². The molecule has 2 heterocycles. The van der Waals surface area contributed by atoms with Gasteiger partial charge in [-0.2, -0.15) is 0 Å². The summed E-state index contributed by atoms with van der Waals surface area (Å²) in [5.74, 6) is -0.169. The van der Waals surface area contributed by atoms with Crippen molar-refractivity contribution in [2.45, 2.75) is 58.7 Å². The van der Waals surface area contributed by atoms with Crippen molar-refractivity contribution >= 4 is 46.3 Å². The van der Waals surface area contributed by atoms with Crippen molar-refractivity contribution in [1.82, 2.24) is 9.21 Å². The summed E-state index contributed by atoms with van der Waals surface area (Å²) in [7, 11) is 4.29. The molecule has 2 aromatic carbocycles. The maximum Gasteiger partial charge on any atom is 0.256 e. The molecule has 2 aliphatic heterocycles. The van der Waals surface area contributed by atoms with E-state index in [2.05, 4.69) is 0 Å². The number of anilines is 1. The second-order valence-corrected chi connectivity index (χ2v) is 14.0. The summed E-state index contributed by atoms with van der Waals surface area (Å²) in [4.78, 5) is 43.6. The molecule has 11 nitrogen and oxygen atoms in total. The first kappa shape index (κ1) is 34.7. The Bertz CT molecular complexity index is 1440. The minimum atomic E-state index is -2.62. The molecule has 1 fully saturated rings. The number of hydrogen-bond donors (Lipinski definition) is 0. The summed E-state index contributed by atoms with van der Waals surface area (Å²) in [5.41, 5.74) is 1.65. The predicted octanol–water partition coefficient (Wildman–Crippen LogP) is 4.50. The van der Waals surface area contributed by atoms with Gasteiger partial charge in [0.2, 0.25) is 11.8 Å². The fourth-order valence-corrected chi connectivity index (χ4v) is 6.26. The van der Waals surface area contributed by atoms with Crippen molar-refractivity contribution in [3.05, 3.63) is 52.5 Å². The van der Waals surface area contributed by atoms with E-state index in [9.17, 15) is 23.1 Å². The van der Waals surface area contributed by atoms with Gasteiger partial charge in [0.15, 0.2) is 11.5 Å². The van der Waals surface area contributed by atoms with Gasteiger partial charge in [0.05, 0.1) is 20.6 Å². The Kier molecular flexibility index (Phi) is 11.2. The van der Waals surface area contributed by atoms with Gasteiger partial charge in [-0.1, -0.05) is 44.5 Å².